The number of hydrogen-bond acceptors (Lipinski definition) is 4. The zero-order chi connectivity index (χ0) is 15.1. The minimum Gasteiger partial charge on any atom is -0.487 e. The van der Waals surface area contributed by atoms with Crippen molar-refractivity contribution in [2.45, 2.75) is 46.1 Å². The van der Waals surface area contributed by atoms with Gasteiger partial charge in [-0.05, 0) is 64.3 Å². The second kappa shape index (κ2) is 8.23. The molecule has 1 fully saturated rings. The fourth-order valence-electron chi connectivity index (χ4n) is 2.90. The lowest BCUT2D eigenvalue weighted by atomic mass is 9.97. The Morgan fingerprint density at radius 2 is 2.14 bits per heavy atom. The van der Waals surface area contributed by atoms with E-state index in [1.54, 1.807) is 0 Å². The van der Waals surface area contributed by atoms with E-state index in [1.807, 2.05) is 18.3 Å². The average molecular weight is 291 g/mol. The maximum absolute atomic E-state index is 5.95. The molecular formula is C17H29N3O. The Bertz CT molecular complexity index is 416. The first-order valence-corrected chi connectivity index (χ1v) is 8.28. The number of nitrogens with one attached hydrogen (secondary N) is 1. The standard InChI is InChI=1S/C17H29N3O/c1-4-12-20(13-15-7-10-18-11-8-15)17-16(21-14(2)3)6-5-9-19-17/h5-6,9,14-15,18H,4,7-8,10-13H2,1-3H3. The van der Waals surface area contributed by atoms with Gasteiger partial charge in [0.2, 0.25) is 0 Å². The minimum atomic E-state index is 0.176. The van der Waals surface area contributed by atoms with E-state index in [0.717, 1.165) is 50.1 Å². The third-order valence-corrected chi connectivity index (χ3v) is 3.84. The van der Waals surface area contributed by atoms with Crippen LogP contribution in [0.3, 0.4) is 0 Å². The van der Waals surface area contributed by atoms with Crippen molar-refractivity contribution in [1.82, 2.24) is 10.3 Å². The molecule has 0 bridgehead atoms. The Hall–Kier alpha value is -1.29. The Morgan fingerprint density at radius 1 is 1.38 bits per heavy atom. The first-order chi connectivity index (χ1) is 10.2. The summed E-state index contributed by atoms with van der Waals surface area (Å²) >= 11 is 0. The van der Waals surface area contributed by atoms with Crippen LogP contribution in [0, 0.1) is 5.92 Å². The SMILES string of the molecule is CCCN(CC1CCNCC1)c1ncccc1OC(C)C. The van der Waals surface area contributed by atoms with Gasteiger partial charge >= 0.3 is 0 Å². The number of pyridine rings is 1. The van der Waals surface area contributed by atoms with E-state index < -0.39 is 0 Å². The molecule has 1 aliphatic heterocycles. The lowest BCUT2D eigenvalue weighted by Gasteiger charge is -2.31. The number of hydrogen-bond donors (Lipinski definition) is 1. The van der Waals surface area contributed by atoms with Gasteiger partial charge in [0.25, 0.3) is 0 Å². The van der Waals surface area contributed by atoms with Gasteiger partial charge in [-0.3, -0.25) is 0 Å². The van der Waals surface area contributed by atoms with Gasteiger partial charge in [0.15, 0.2) is 11.6 Å². The van der Waals surface area contributed by atoms with Gasteiger partial charge in [0, 0.05) is 19.3 Å². The summed E-state index contributed by atoms with van der Waals surface area (Å²) in [4.78, 5) is 7.01. The Labute approximate surface area is 128 Å². The number of piperidine rings is 1. The Balaban J connectivity index is 2.12. The van der Waals surface area contributed by atoms with Crippen molar-refractivity contribution < 1.29 is 4.74 Å². The highest BCUT2D eigenvalue weighted by Gasteiger charge is 2.20. The maximum Gasteiger partial charge on any atom is 0.171 e. The van der Waals surface area contributed by atoms with Gasteiger partial charge < -0.3 is 15.0 Å². The van der Waals surface area contributed by atoms with E-state index in [-0.39, 0.29) is 6.10 Å². The molecule has 0 radical (unpaired) electrons. The van der Waals surface area contributed by atoms with Crippen LogP contribution in [0.25, 0.3) is 0 Å². The molecule has 0 aliphatic carbocycles. The second-order valence-corrected chi connectivity index (χ2v) is 6.13. The van der Waals surface area contributed by atoms with Crippen LogP contribution in [0.15, 0.2) is 18.3 Å². The first kappa shape index (κ1) is 16.1. The zero-order valence-corrected chi connectivity index (χ0v) is 13.6. The van der Waals surface area contributed by atoms with Crippen molar-refractivity contribution in [3.05, 3.63) is 18.3 Å². The largest absolute Gasteiger partial charge is 0.487 e. The summed E-state index contributed by atoms with van der Waals surface area (Å²) in [5, 5.41) is 3.44. The van der Waals surface area contributed by atoms with E-state index >= 15 is 0 Å². The van der Waals surface area contributed by atoms with Crippen molar-refractivity contribution in [1.29, 1.82) is 0 Å². The predicted octanol–water partition coefficient (Wildman–Crippen LogP) is 3.08. The Kier molecular flexibility index (Phi) is 6.30. The number of anilines is 1. The third kappa shape index (κ3) is 4.88. The summed E-state index contributed by atoms with van der Waals surface area (Å²) < 4.78 is 5.95. The smallest absolute Gasteiger partial charge is 0.171 e. The van der Waals surface area contributed by atoms with E-state index in [1.165, 1.54) is 12.8 Å². The van der Waals surface area contributed by atoms with Crippen LogP contribution in [0.1, 0.15) is 40.0 Å². The summed E-state index contributed by atoms with van der Waals surface area (Å²) in [7, 11) is 0. The van der Waals surface area contributed by atoms with Crippen LogP contribution in [-0.4, -0.2) is 37.3 Å². The van der Waals surface area contributed by atoms with Gasteiger partial charge in [-0.15, -0.1) is 0 Å². The van der Waals surface area contributed by atoms with Crippen molar-refractivity contribution >= 4 is 5.82 Å². The fraction of sp³-hybridized carbons (Fsp3) is 0.706. The van der Waals surface area contributed by atoms with Crippen molar-refractivity contribution in [3.8, 4) is 5.75 Å². The molecule has 1 N–H and O–H groups in total. The number of ether oxygens (including phenoxy) is 1. The summed E-state index contributed by atoms with van der Waals surface area (Å²) in [6.07, 6.45) is 5.69. The molecule has 1 aromatic rings. The van der Waals surface area contributed by atoms with Gasteiger partial charge in [-0.2, -0.15) is 0 Å². The molecule has 118 valence electrons. The number of nitrogens with zero attached hydrogens (tertiary/aromatic N) is 2. The molecule has 4 nitrogen and oxygen atoms in total. The van der Waals surface area contributed by atoms with Gasteiger partial charge in [-0.1, -0.05) is 6.92 Å². The van der Waals surface area contributed by atoms with Gasteiger partial charge in [0.05, 0.1) is 6.10 Å². The third-order valence-electron chi connectivity index (χ3n) is 3.84. The van der Waals surface area contributed by atoms with Crippen LogP contribution in [-0.2, 0) is 0 Å². The topological polar surface area (TPSA) is 37.4 Å². The summed E-state index contributed by atoms with van der Waals surface area (Å²) in [6.45, 7) is 10.8. The molecule has 1 aliphatic rings. The molecule has 0 saturated carbocycles. The molecule has 4 heteroatoms. The molecule has 0 spiro atoms. The van der Waals surface area contributed by atoms with Crippen molar-refractivity contribution in [2.24, 2.45) is 5.92 Å². The van der Waals surface area contributed by atoms with E-state index in [0.29, 0.717) is 0 Å². The van der Waals surface area contributed by atoms with Gasteiger partial charge in [0.1, 0.15) is 0 Å². The fourth-order valence-corrected chi connectivity index (χ4v) is 2.90. The lowest BCUT2D eigenvalue weighted by Crippen LogP contribution is -2.37. The van der Waals surface area contributed by atoms with Crippen LogP contribution >= 0.6 is 0 Å². The molecule has 0 amide bonds. The summed E-state index contributed by atoms with van der Waals surface area (Å²) in [5.41, 5.74) is 0. The lowest BCUT2D eigenvalue weighted by molar-refractivity contribution is 0.241. The minimum absolute atomic E-state index is 0.176. The number of aromatic nitrogens is 1. The summed E-state index contributed by atoms with van der Waals surface area (Å²) in [5.74, 6) is 2.67. The van der Waals surface area contributed by atoms with E-state index in [2.05, 4.69) is 36.0 Å². The molecule has 0 atom stereocenters. The normalized spacial score (nSPS) is 16.2. The molecule has 2 heterocycles. The van der Waals surface area contributed by atoms with Crippen LogP contribution in [0.4, 0.5) is 5.82 Å². The quantitative estimate of drug-likeness (QED) is 0.837. The molecule has 0 unspecified atom stereocenters. The maximum atomic E-state index is 5.95. The van der Waals surface area contributed by atoms with Crippen LogP contribution < -0.4 is 15.0 Å². The summed E-state index contributed by atoms with van der Waals surface area (Å²) in [6, 6.07) is 3.99. The highest BCUT2D eigenvalue weighted by atomic mass is 16.5. The van der Waals surface area contributed by atoms with Crippen LogP contribution in [0.2, 0.25) is 0 Å². The highest BCUT2D eigenvalue weighted by molar-refractivity contribution is 5.52. The molecule has 21 heavy (non-hydrogen) atoms. The average Bonchev–Trinajstić information content (AvgIpc) is 2.48. The van der Waals surface area contributed by atoms with E-state index in [4.69, 9.17) is 4.74 Å². The monoisotopic (exact) mass is 291 g/mol. The Morgan fingerprint density at radius 3 is 2.81 bits per heavy atom. The molecule has 2 rings (SSSR count). The zero-order valence-electron chi connectivity index (χ0n) is 13.6. The number of rotatable bonds is 7. The highest BCUT2D eigenvalue weighted by Crippen LogP contribution is 2.28. The predicted molar refractivity (Wildman–Crippen MR) is 88.1 cm³/mol. The molecule has 0 aromatic carbocycles. The van der Waals surface area contributed by atoms with Crippen LogP contribution in [0.5, 0.6) is 5.75 Å². The van der Waals surface area contributed by atoms with Gasteiger partial charge in [-0.25, -0.2) is 4.98 Å². The molecular weight excluding hydrogens is 262 g/mol. The second-order valence-electron chi connectivity index (χ2n) is 6.13. The van der Waals surface area contributed by atoms with Crippen molar-refractivity contribution in [2.75, 3.05) is 31.1 Å². The van der Waals surface area contributed by atoms with Crippen molar-refractivity contribution in [3.63, 3.8) is 0 Å². The molecule has 1 aromatic heterocycles. The first-order valence-electron chi connectivity index (χ1n) is 8.28. The van der Waals surface area contributed by atoms with E-state index in [9.17, 15) is 0 Å². The molecule has 1 saturated heterocycles.